The van der Waals surface area contributed by atoms with E-state index in [1.165, 1.54) is 6.26 Å². The Hall–Kier alpha value is -3.02. The van der Waals surface area contributed by atoms with Gasteiger partial charge in [0.15, 0.2) is 24.0 Å². The molecule has 0 amide bonds. The zero-order valence-electron chi connectivity index (χ0n) is 14.1. The summed E-state index contributed by atoms with van der Waals surface area (Å²) in [4.78, 5) is 23.9. The Morgan fingerprint density at radius 3 is 2.62 bits per heavy atom. The minimum atomic E-state index is -1.13. The summed E-state index contributed by atoms with van der Waals surface area (Å²) in [6.07, 6.45) is 2.31. The SMILES string of the molecule is CCc1ccc2c(CC(=O)OCC(=O)c3ccc(F)c(F)c3)coc2c1. The standard InChI is InChI=1S/C20H16F2O4/c1-2-12-3-5-15-14(10-25-19(15)7-12)9-20(24)26-11-18(23)13-4-6-16(21)17(22)8-13/h3-8,10H,2,9,11H2,1H3. The zero-order valence-corrected chi connectivity index (χ0v) is 14.1. The number of carbonyl (C=O) groups excluding carboxylic acids is 2. The molecule has 0 spiro atoms. The van der Waals surface area contributed by atoms with E-state index in [9.17, 15) is 18.4 Å². The highest BCUT2D eigenvalue weighted by molar-refractivity contribution is 5.98. The van der Waals surface area contributed by atoms with Crippen LogP contribution in [0.2, 0.25) is 0 Å². The predicted octanol–water partition coefficient (Wildman–Crippen LogP) is 4.24. The number of carbonyl (C=O) groups is 2. The molecule has 134 valence electrons. The number of hydrogen-bond donors (Lipinski definition) is 0. The number of ketones is 1. The molecule has 0 aliphatic carbocycles. The molecule has 0 saturated carbocycles. The number of Topliss-reactive ketones (excluding diaryl/α,β-unsaturated/α-hetero) is 1. The normalized spacial score (nSPS) is 10.9. The van der Waals surface area contributed by atoms with E-state index in [0.29, 0.717) is 11.1 Å². The molecule has 1 aromatic heterocycles. The zero-order chi connectivity index (χ0) is 18.7. The molecular weight excluding hydrogens is 342 g/mol. The number of aryl methyl sites for hydroxylation is 1. The molecule has 6 heteroatoms. The molecule has 3 rings (SSSR count). The number of fused-ring (bicyclic) bond motifs is 1. The Bertz CT molecular complexity index is 975. The molecule has 0 atom stereocenters. The van der Waals surface area contributed by atoms with Crippen molar-refractivity contribution in [2.24, 2.45) is 0 Å². The minimum absolute atomic E-state index is 0.0521. The molecule has 0 unspecified atom stereocenters. The molecule has 0 N–H and O–H groups in total. The molecule has 26 heavy (non-hydrogen) atoms. The van der Waals surface area contributed by atoms with E-state index in [4.69, 9.17) is 9.15 Å². The lowest BCUT2D eigenvalue weighted by atomic mass is 10.1. The molecule has 1 heterocycles. The van der Waals surface area contributed by atoms with Gasteiger partial charge in [-0.3, -0.25) is 9.59 Å². The van der Waals surface area contributed by atoms with E-state index in [2.05, 4.69) is 0 Å². The van der Waals surface area contributed by atoms with E-state index in [-0.39, 0.29) is 12.0 Å². The number of benzene rings is 2. The average molecular weight is 358 g/mol. The van der Waals surface area contributed by atoms with Crippen molar-refractivity contribution < 1.29 is 27.5 Å². The largest absolute Gasteiger partial charge is 0.464 e. The fourth-order valence-corrected chi connectivity index (χ4v) is 2.59. The third-order valence-corrected chi connectivity index (χ3v) is 4.07. The van der Waals surface area contributed by atoms with Gasteiger partial charge in [0, 0.05) is 16.5 Å². The molecule has 0 fully saturated rings. The van der Waals surface area contributed by atoms with E-state index < -0.39 is 30.0 Å². The number of halogens is 2. The molecule has 0 aliphatic heterocycles. The smallest absolute Gasteiger partial charge is 0.310 e. The van der Waals surface area contributed by atoms with Gasteiger partial charge in [0.05, 0.1) is 12.7 Å². The van der Waals surface area contributed by atoms with Gasteiger partial charge in [-0.05, 0) is 36.2 Å². The van der Waals surface area contributed by atoms with Crippen molar-refractivity contribution in [2.45, 2.75) is 19.8 Å². The van der Waals surface area contributed by atoms with Crippen LogP contribution in [0.1, 0.15) is 28.4 Å². The van der Waals surface area contributed by atoms with Crippen LogP contribution >= 0.6 is 0 Å². The lowest BCUT2D eigenvalue weighted by Crippen LogP contribution is -2.15. The second-order valence-electron chi connectivity index (χ2n) is 5.83. The average Bonchev–Trinajstić information content (AvgIpc) is 3.03. The maximum atomic E-state index is 13.1. The summed E-state index contributed by atoms with van der Waals surface area (Å²) in [5.74, 6) is -3.39. The van der Waals surface area contributed by atoms with E-state index in [0.717, 1.165) is 35.6 Å². The molecule has 0 saturated heterocycles. The number of furan rings is 1. The Kier molecular flexibility index (Phi) is 5.11. The Morgan fingerprint density at radius 1 is 1.08 bits per heavy atom. The van der Waals surface area contributed by atoms with Gasteiger partial charge >= 0.3 is 5.97 Å². The molecule has 0 aliphatic rings. The van der Waals surface area contributed by atoms with Crippen molar-refractivity contribution in [1.29, 1.82) is 0 Å². The molecule has 4 nitrogen and oxygen atoms in total. The van der Waals surface area contributed by atoms with Crippen molar-refractivity contribution in [3.05, 3.63) is 71.0 Å². The summed E-state index contributed by atoms with van der Waals surface area (Å²) in [5.41, 5.74) is 2.41. The van der Waals surface area contributed by atoms with Crippen molar-refractivity contribution in [1.82, 2.24) is 0 Å². The fraction of sp³-hybridized carbons (Fsp3) is 0.200. The Balaban J connectivity index is 1.62. The van der Waals surface area contributed by atoms with Crippen LogP contribution in [0.3, 0.4) is 0 Å². The van der Waals surface area contributed by atoms with Gasteiger partial charge in [-0.25, -0.2) is 8.78 Å². The number of esters is 1. The first kappa shape index (κ1) is 17.8. The highest BCUT2D eigenvalue weighted by Crippen LogP contribution is 2.23. The minimum Gasteiger partial charge on any atom is -0.464 e. The Morgan fingerprint density at radius 2 is 1.88 bits per heavy atom. The summed E-state index contributed by atoms with van der Waals surface area (Å²) < 4.78 is 36.4. The van der Waals surface area contributed by atoms with Gasteiger partial charge in [0.1, 0.15) is 5.58 Å². The van der Waals surface area contributed by atoms with Crippen molar-refractivity contribution in [3.63, 3.8) is 0 Å². The third-order valence-electron chi connectivity index (χ3n) is 4.07. The lowest BCUT2D eigenvalue weighted by molar-refractivity contribution is -0.141. The van der Waals surface area contributed by atoms with Crippen LogP contribution in [0, 0.1) is 11.6 Å². The summed E-state index contributed by atoms with van der Waals surface area (Å²) in [6, 6.07) is 8.53. The first-order valence-electron chi connectivity index (χ1n) is 8.10. The third kappa shape index (κ3) is 3.79. The van der Waals surface area contributed by atoms with E-state index >= 15 is 0 Å². The van der Waals surface area contributed by atoms with Gasteiger partial charge in [-0.2, -0.15) is 0 Å². The van der Waals surface area contributed by atoms with Crippen molar-refractivity contribution in [2.75, 3.05) is 6.61 Å². The molecule has 3 aromatic rings. The molecule has 0 bridgehead atoms. The summed E-state index contributed by atoms with van der Waals surface area (Å²) in [7, 11) is 0. The van der Waals surface area contributed by atoms with Crippen LogP contribution in [-0.4, -0.2) is 18.4 Å². The van der Waals surface area contributed by atoms with Gasteiger partial charge < -0.3 is 9.15 Å². The van der Waals surface area contributed by atoms with Crippen molar-refractivity contribution >= 4 is 22.7 Å². The quantitative estimate of drug-likeness (QED) is 0.488. The maximum absolute atomic E-state index is 13.1. The van der Waals surface area contributed by atoms with Crippen LogP contribution in [0.25, 0.3) is 11.0 Å². The number of ether oxygens (including phenoxy) is 1. The van der Waals surface area contributed by atoms with Crippen LogP contribution in [-0.2, 0) is 22.4 Å². The first-order valence-corrected chi connectivity index (χ1v) is 8.10. The van der Waals surface area contributed by atoms with Gasteiger partial charge in [-0.15, -0.1) is 0 Å². The highest BCUT2D eigenvalue weighted by atomic mass is 19.2. The summed E-state index contributed by atoms with van der Waals surface area (Å²) in [6.45, 7) is 1.49. The van der Waals surface area contributed by atoms with Crippen LogP contribution < -0.4 is 0 Å². The molecule has 2 aromatic carbocycles. The van der Waals surface area contributed by atoms with Gasteiger partial charge in [0.2, 0.25) is 0 Å². The fourth-order valence-electron chi connectivity index (χ4n) is 2.59. The predicted molar refractivity (Wildman–Crippen MR) is 90.9 cm³/mol. The summed E-state index contributed by atoms with van der Waals surface area (Å²) >= 11 is 0. The second kappa shape index (κ2) is 7.47. The number of hydrogen-bond acceptors (Lipinski definition) is 4. The van der Waals surface area contributed by atoms with Crippen LogP contribution in [0.5, 0.6) is 0 Å². The monoisotopic (exact) mass is 358 g/mol. The Labute approximate surface area is 148 Å². The van der Waals surface area contributed by atoms with Crippen LogP contribution in [0.15, 0.2) is 47.1 Å². The topological polar surface area (TPSA) is 56.5 Å². The number of rotatable bonds is 6. The molecular formula is C20H16F2O4. The second-order valence-corrected chi connectivity index (χ2v) is 5.83. The van der Waals surface area contributed by atoms with Crippen LogP contribution in [0.4, 0.5) is 8.78 Å². The van der Waals surface area contributed by atoms with Gasteiger partial charge in [-0.1, -0.05) is 19.1 Å². The van der Waals surface area contributed by atoms with E-state index in [1.54, 1.807) is 0 Å². The van der Waals surface area contributed by atoms with Gasteiger partial charge in [0.25, 0.3) is 0 Å². The van der Waals surface area contributed by atoms with Crippen molar-refractivity contribution in [3.8, 4) is 0 Å². The summed E-state index contributed by atoms with van der Waals surface area (Å²) in [5, 5.41) is 0.811. The maximum Gasteiger partial charge on any atom is 0.310 e. The molecule has 0 radical (unpaired) electrons. The highest BCUT2D eigenvalue weighted by Gasteiger charge is 2.15. The lowest BCUT2D eigenvalue weighted by Gasteiger charge is -2.04. The van der Waals surface area contributed by atoms with E-state index in [1.807, 2.05) is 25.1 Å². The first-order chi connectivity index (χ1) is 12.5.